The highest BCUT2D eigenvalue weighted by molar-refractivity contribution is 6.22. The molecule has 1 N–H and O–H groups in total. The smallest absolute Gasteiger partial charge is 0.160 e. The first kappa shape index (κ1) is 34.6. The zero-order valence-corrected chi connectivity index (χ0v) is 33.3. The van der Waals surface area contributed by atoms with Crippen molar-refractivity contribution < 1.29 is 8.83 Å². The minimum Gasteiger partial charge on any atom is -0.456 e. The third kappa shape index (κ3) is 5.42. The van der Waals surface area contributed by atoms with Crippen LogP contribution in [0.4, 0.5) is 0 Å². The van der Waals surface area contributed by atoms with Crippen LogP contribution in [0.25, 0.3) is 98.4 Å². The summed E-state index contributed by atoms with van der Waals surface area (Å²) in [4.78, 5) is 10.8. The van der Waals surface area contributed by atoms with Gasteiger partial charge in [0.1, 0.15) is 28.2 Å². The topological polar surface area (TPSA) is 63.0 Å². The van der Waals surface area contributed by atoms with Crippen molar-refractivity contribution in [3.05, 3.63) is 217 Å². The van der Waals surface area contributed by atoms with Crippen molar-refractivity contribution in [2.75, 3.05) is 0 Å². The van der Waals surface area contributed by atoms with Gasteiger partial charge in [-0.25, -0.2) is 9.98 Å². The molecule has 0 amide bonds. The van der Waals surface area contributed by atoms with Crippen LogP contribution in [0.5, 0.6) is 0 Å². The summed E-state index contributed by atoms with van der Waals surface area (Å²) in [6.07, 6.45) is -0.471. The van der Waals surface area contributed by atoms with Crippen molar-refractivity contribution >= 4 is 87.9 Å². The maximum Gasteiger partial charge on any atom is 0.160 e. The summed E-state index contributed by atoms with van der Waals surface area (Å²) in [6, 6.07) is 70.5. The largest absolute Gasteiger partial charge is 0.456 e. The number of amidine groups is 2. The van der Waals surface area contributed by atoms with E-state index in [4.69, 9.17) is 18.8 Å². The number of benzene rings is 10. The third-order valence-electron chi connectivity index (χ3n) is 12.5. The molecule has 3 heterocycles. The van der Waals surface area contributed by atoms with Gasteiger partial charge in [0.05, 0.1) is 0 Å². The Morgan fingerprint density at radius 3 is 1.89 bits per heavy atom. The van der Waals surface area contributed by atoms with Gasteiger partial charge in [0.15, 0.2) is 12.0 Å². The van der Waals surface area contributed by atoms with Crippen LogP contribution in [0.1, 0.15) is 22.9 Å². The summed E-state index contributed by atoms with van der Waals surface area (Å²) >= 11 is 0. The molecule has 0 bridgehead atoms. The number of rotatable bonds is 5. The fourth-order valence-electron chi connectivity index (χ4n) is 9.63. The summed E-state index contributed by atoms with van der Waals surface area (Å²) < 4.78 is 13.2. The number of nitrogens with zero attached hydrogens (tertiary/aromatic N) is 2. The SMILES string of the molecule is c1ccc2cc(C3=NC(c4ccc(-c5cc(-c6cccc7ccccc67)cc6oc7ccccc7c56)c5ccccc45)=NC(c4cccc5c4oc4ccccc45)N3)ccc2c1. The van der Waals surface area contributed by atoms with Gasteiger partial charge in [-0.15, -0.1) is 0 Å². The van der Waals surface area contributed by atoms with Crippen LogP contribution < -0.4 is 5.32 Å². The number of hydrogen-bond acceptors (Lipinski definition) is 5. The van der Waals surface area contributed by atoms with E-state index < -0.39 is 6.17 Å². The predicted molar refractivity (Wildman–Crippen MR) is 256 cm³/mol. The van der Waals surface area contributed by atoms with Gasteiger partial charge in [-0.3, -0.25) is 0 Å². The number of furan rings is 2. The monoisotopic (exact) mass is 793 g/mol. The second-order valence-electron chi connectivity index (χ2n) is 16.1. The van der Waals surface area contributed by atoms with Gasteiger partial charge in [-0.1, -0.05) is 164 Å². The molecule has 0 saturated heterocycles. The summed E-state index contributed by atoms with van der Waals surface area (Å²) in [7, 11) is 0. The normalized spacial score (nSPS) is 14.3. The Balaban J connectivity index is 1.03. The Hall–Kier alpha value is -8.28. The van der Waals surface area contributed by atoms with Crippen LogP contribution in [-0.4, -0.2) is 11.7 Å². The molecule has 13 rings (SSSR count). The summed E-state index contributed by atoms with van der Waals surface area (Å²) in [5.74, 6) is 1.40. The molecule has 0 spiro atoms. The molecule has 10 aromatic carbocycles. The van der Waals surface area contributed by atoms with Gasteiger partial charge in [-0.2, -0.15) is 0 Å². The van der Waals surface area contributed by atoms with Crippen LogP contribution in [0.15, 0.2) is 219 Å². The van der Waals surface area contributed by atoms with E-state index in [0.717, 1.165) is 105 Å². The van der Waals surface area contributed by atoms with Gasteiger partial charge in [-0.05, 0) is 91.0 Å². The van der Waals surface area contributed by atoms with Gasteiger partial charge in [0, 0.05) is 38.2 Å². The molecule has 5 heteroatoms. The van der Waals surface area contributed by atoms with Crippen LogP contribution >= 0.6 is 0 Å². The lowest BCUT2D eigenvalue weighted by atomic mass is 9.89. The standard InChI is InChI=1S/C57H35N3O2/c1-2-15-36-31-37(28-27-34(36)13-1)55-58-56(60-57(59-55)48-24-12-23-45-44-20-7-9-25-50(44)62-54(45)48)46-30-29-43(41-18-5-6-19-42(41)46)49-32-38(40-22-11-16-35-14-3-4-17-39(35)40)33-52-53(49)47-21-8-10-26-51(47)61-52/h1-33,57H,(H,58,59,60). The van der Waals surface area contributed by atoms with Crippen LogP contribution in [-0.2, 0) is 0 Å². The Morgan fingerprint density at radius 1 is 0.387 bits per heavy atom. The highest BCUT2D eigenvalue weighted by atomic mass is 16.3. The zero-order valence-electron chi connectivity index (χ0n) is 33.3. The maximum absolute atomic E-state index is 6.65. The van der Waals surface area contributed by atoms with Crippen molar-refractivity contribution in [2.45, 2.75) is 6.17 Å². The van der Waals surface area contributed by atoms with Crippen molar-refractivity contribution in [3.8, 4) is 22.3 Å². The quantitative estimate of drug-likeness (QED) is 0.189. The first-order valence-corrected chi connectivity index (χ1v) is 21.0. The van der Waals surface area contributed by atoms with Crippen molar-refractivity contribution in [3.63, 3.8) is 0 Å². The number of hydrogen-bond donors (Lipinski definition) is 1. The van der Waals surface area contributed by atoms with Crippen LogP contribution in [0.2, 0.25) is 0 Å². The van der Waals surface area contributed by atoms with Crippen LogP contribution in [0.3, 0.4) is 0 Å². The Labute approximate surface area is 355 Å². The van der Waals surface area contributed by atoms with Gasteiger partial charge < -0.3 is 14.2 Å². The summed E-state index contributed by atoms with van der Waals surface area (Å²) in [5.41, 5.74) is 10.8. The molecular weight excluding hydrogens is 759 g/mol. The molecule has 1 unspecified atom stereocenters. The van der Waals surface area contributed by atoms with E-state index in [1.165, 1.54) is 16.2 Å². The minimum atomic E-state index is -0.471. The molecule has 1 atom stereocenters. The third-order valence-corrected chi connectivity index (χ3v) is 12.5. The lowest BCUT2D eigenvalue weighted by Crippen LogP contribution is -2.33. The van der Waals surface area contributed by atoms with E-state index in [1.807, 2.05) is 18.2 Å². The van der Waals surface area contributed by atoms with Crippen molar-refractivity contribution in [1.29, 1.82) is 0 Å². The molecule has 1 aliphatic heterocycles. The van der Waals surface area contributed by atoms with Gasteiger partial charge in [0.2, 0.25) is 0 Å². The molecule has 5 nitrogen and oxygen atoms in total. The lowest BCUT2D eigenvalue weighted by molar-refractivity contribution is 0.628. The fourth-order valence-corrected chi connectivity index (χ4v) is 9.63. The molecule has 0 fully saturated rings. The van der Waals surface area contributed by atoms with E-state index >= 15 is 0 Å². The molecular formula is C57H35N3O2. The van der Waals surface area contributed by atoms with E-state index in [1.54, 1.807) is 0 Å². The highest BCUT2D eigenvalue weighted by Crippen LogP contribution is 2.44. The van der Waals surface area contributed by atoms with E-state index in [9.17, 15) is 0 Å². The Bertz CT molecular complexity index is 3860. The zero-order chi connectivity index (χ0) is 40.7. The van der Waals surface area contributed by atoms with E-state index in [2.05, 4.69) is 187 Å². The summed E-state index contributed by atoms with van der Waals surface area (Å²) in [6.45, 7) is 0. The molecule has 0 radical (unpaired) electrons. The molecule has 12 aromatic rings. The average molecular weight is 794 g/mol. The predicted octanol–water partition coefficient (Wildman–Crippen LogP) is 14.8. The Kier molecular flexibility index (Phi) is 7.60. The molecule has 1 aliphatic rings. The number of fused-ring (bicyclic) bond motifs is 9. The fraction of sp³-hybridized carbons (Fsp3) is 0.0175. The average Bonchev–Trinajstić information content (AvgIpc) is 3.92. The van der Waals surface area contributed by atoms with Crippen molar-refractivity contribution in [1.82, 2.24) is 5.32 Å². The molecule has 2 aromatic heterocycles. The Morgan fingerprint density at radius 2 is 1.03 bits per heavy atom. The second-order valence-corrected chi connectivity index (χ2v) is 16.1. The highest BCUT2D eigenvalue weighted by Gasteiger charge is 2.26. The molecule has 0 aliphatic carbocycles. The first-order chi connectivity index (χ1) is 30.7. The second kappa shape index (κ2) is 13.6. The van der Waals surface area contributed by atoms with E-state index in [0.29, 0.717) is 5.84 Å². The minimum absolute atomic E-state index is 0.471. The lowest BCUT2D eigenvalue weighted by Gasteiger charge is -2.24. The van der Waals surface area contributed by atoms with Gasteiger partial charge in [0.25, 0.3) is 0 Å². The number of para-hydroxylation sites is 3. The molecule has 290 valence electrons. The van der Waals surface area contributed by atoms with Crippen molar-refractivity contribution in [2.24, 2.45) is 9.98 Å². The van der Waals surface area contributed by atoms with Crippen LogP contribution in [0, 0.1) is 0 Å². The first-order valence-electron chi connectivity index (χ1n) is 21.0. The van der Waals surface area contributed by atoms with Gasteiger partial charge >= 0.3 is 0 Å². The number of aliphatic imine (C=N–C) groups is 2. The number of nitrogens with one attached hydrogen (secondary N) is 1. The van der Waals surface area contributed by atoms with E-state index in [-0.39, 0.29) is 0 Å². The molecule has 62 heavy (non-hydrogen) atoms. The summed E-state index contributed by atoms with van der Waals surface area (Å²) in [5, 5.41) is 14.9. The molecule has 0 saturated carbocycles. The maximum atomic E-state index is 6.65.